The molecule has 0 unspecified atom stereocenters. The largest absolute Gasteiger partial charge is 0.481 e. The number of rotatable bonds is 7. The van der Waals surface area contributed by atoms with Gasteiger partial charge in [-0.05, 0) is 43.4 Å². The number of carbonyl (C=O) groups is 2. The first-order chi connectivity index (χ1) is 9.54. The van der Waals surface area contributed by atoms with Crippen LogP contribution < -0.4 is 5.32 Å². The zero-order valence-electron chi connectivity index (χ0n) is 11.2. The summed E-state index contributed by atoms with van der Waals surface area (Å²) in [4.78, 5) is 22.7. The maximum absolute atomic E-state index is 12.3. The topological polar surface area (TPSA) is 66.4 Å². The highest BCUT2D eigenvalue weighted by atomic mass is 79.9. The number of carbonyl (C=O) groups excluding carboxylic acids is 1. The number of aliphatic carboxylic acids is 1. The summed E-state index contributed by atoms with van der Waals surface area (Å²) in [6.45, 7) is 0.544. The van der Waals surface area contributed by atoms with Crippen LogP contribution in [0.5, 0.6) is 0 Å². The zero-order valence-corrected chi connectivity index (χ0v) is 12.8. The molecule has 1 aliphatic rings. The van der Waals surface area contributed by atoms with E-state index >= 15 is 0 Å². The molecule has 2 rings (SSSR count). The van der Waals surface area contributed by atoms with Crippen molar-refractivity contribution < 1.29 is 14.7 Å². The molecule has 0 aliphatic heterocycles. The Labute approximate surface area is 126 Å². The lowest BCUT2D eigenvalue weighted by Crippen LogP contribution is -2.35. The van der Waals surface area contributed by atoms with E-state index in [1.165, 1.54) is 0 Å². The third-order valence-electron chi connectivity index (χ3n) is 3.66. The summed E-state index contributed by atoms with van der Waals surface area (Å²) in [6.07, 6.45) is 3.22. The Morgan fingerprint density at radius 2 is 2.05 bits per heavy atom. The smallest absolute Gasteiger partial charge is 0.303 e. The van der Waals surface area contributed by atoms with Gasteiger partial charge in [0.15, 0.2) is 0 Å². The van der Waals surface area contributed by atoms with Crippen molar-refractivity contribution in [2.75, 3.05) is 6.54 Å². The first-order valence-corrected chi connectivity index (χ1v) is 7.60. The molecule has 108 valence electrons. The second kappa shape index (κ2) is 6.39. The summed E-state index contributed by atoms with van der Waals surface area (Å²) >= 11 is 3.43. The van der Waals surface area contributed by atoms with Gasteiger partial charge in [-0.3, -0.25) is 9.59 Å². The normalized spacial score (nSPS) is 15.7. The van der Waals surface area contributed by atoms with Crippen molar-refractivity contribution in [3.05, 3.63) is 34.3 Å². The van der Waals surface area contributed by atoms with Gasteiger partial charge in [-0.25, -0.2) is 0 Å². The molecule has 0 radical (unpaired) electrons. The van der Waals surface area contributed by atoms with Gasteiger partial charge in [0, 0.05) is 17.4 Å². The molecule has 0 bridgehead atoms. The summed E-state index contributed by atoms with van der Waals surface area (Å²) in [5.41, 5.74) is 0.686. The molecule has 4 nitrogen and oxygen atoms in total. The highest BCUT2D eigenvalue weighted by Gasteiger charge is 2.51. The number of carboxylic acid groups (broad SMARTS) is 1. The van der Waals surface area contributed by atoms with E-state index in [1.54, 1.807) is 0 Å². The number of halogens is 1. The van der Waals surface area contributed by atoms with Crippen LogP contribution in [0.1, 0.15) is 37.7 Å². The van der Waals surface area contributed by atoms with Crippen molar-refractivity contribution in [3.8, 4) is 0 Å². The van der Waals surface area contributed by atoms with Crippen molar-refractivity contribution in [3.63, 3.8) is 0 Å². The molecule has 1 saturated carbocycles. The van der Waals surface area contributed by atoms with Crippen LogP contribution in [0.2, 0.25) is 0 Å². The van der Waals surface area contributed by atoms with Crippen LogP contribution in [-0.2, 0) is 15.0 Å². The molecule has 2 N–H and O–H groups in total. The minimum Gasteiger partial charge on any atom is -0.481 e. The summed E-state index contributed by atoms with van der Waals surface area (Å²) in [6, 6.07) is 7.88. The van der Waals surface area contributed by atoms with Gasteiger partial charge in [0.1, 0.15) is 0 Å². The fourth-order valence-electron chi connectivity index (χ4n) is 2.33. The molecule has 1 aromatic carbocycles. The lowest BCUT2D eigenvalue weighted by Gasteiger charge is -2.16. The standard InChI is InChI=1S/C15H18BrNO3/c16-12-5-3-4-11(10-12)15(7-8-15)14(20)17-9-2-1-6-13(18)19/h3-5,10H,1-2,6-9H2,(H,17,20)(H,18,19). The molecule has 0 atom stereocenters. The zero-order chi connectivity index (χ0) is 14.6. The Balaban J connectivity index is 1.85. The lowest BCUT2D eigenvalue weighted by molar-refractivity contribution is -0.137. The average Bonchev–Trinajstić information content (AvgIpc) is 3.19. The van der Waals surface area contributed by atoms with Crippen LogP contribution in [-0.4, -0.2) is 23.5 Å². The van der Waals surface area contributed by atoms with Gasteiger partial charge < -0.3 is 10.4 Å². The molecule has 1 aromatic rings. The minimum atomic E-state index is -0.788. The van der Waals surface area contributed by atoms with Crippen molar-refractivity contribution >= 4 is 27.8 Å². The van der Waals surface area contributed by atoms with Crippen molar-refractivity contribution in [1.82, 2.24) is 5.32 Å². The second-order valence-electron chi connectivity index (χ2n) is 5.20. The van der Waals surface area contributed by atoms with Crippen molar-refractivity contribution in [1.29, 1.82) is 0 Å². The summed E-state index contributed by atoms with van der Waals surface area (Å²) in [7, 11) is 0. The maximum Gasteiger partial charge on any atom is 0.303 e. The van der Waals surface area contributed by atoms with Gasteiger partial charge in [0.25, 0.3) is 0 Å². The third-order valence-corrected chi connectivity index (χ3v) is 4.16. The second-order valence-corrected chi connectivity index (χ2v) is 6.11. The van der Waals surface area contributed by atoms with Crippen molar-refractivity contribution in [2.45, 2.75) is 37.5 Å². The molecule has 0 spiro atoms. The Kier molecular flexibility index (Phi) is 4.81. The summed E-state index contributed by atoms with van der Waals surface area (Å²) < 4.78 is 0.982. The SMILES string of the molecule is O=C(O)CCCCNC(=O)C1(c2cccc(Br)c2)CC1. The monoisotopic (exact) mass is 339 g/mol. The molecule has 1 amide bonds. The van der Waals surface area contributed by atoms with Gasteiger partial charge in [-0.1, -0.05) is 28.1 Å². The van der Waals surface area contributed by atoms with Gasteiger partial charge >= 0.3 is 5.97 Å². The molecule has 1 aliphatic carbocycles. The number of hydrogen-bond donors (Lipinski definition) is 2. The van der Waals surface area contributed by atoms with E-state index < -0.39 is 5.97 Å². The quantitative estimate of drug-likeness (QED) is 0.750. The van der Waals surface area contributed by atoms with E-state index in [2.05, 4.69) is 21.2 Å². The molecule has 0 heterocycles. The van der Waals surface area contributed by atoms with E-state index in [-0.39, 0.29) is 17.7 Å². The fraction of sp³-hybridized carbons (Fsp3) is 0.467. The van der Waals surface area contributed by atoms with E-state index in [0.29, 0.717) is 19.4 Å². The molecule has 20 heavy (non-hydrogen) atoms. The highest BCUT2D eigenvalue weighted by Crippen LogP contribution is 2.48. The molecular formula is C15H18BrNO3. The molecule has 5 heteroatoms. The predicted octanol–water partition coefficient (Wildman–Crippen LogP) is 2.85. The van der Waals surface area contributed by atoms with Gasteiger partial charge in [-0.15, -0.1) is 0 Å². The molecule has 0 aromatic heterocycles. The van der Waals surface area contributed by atoms with Crippen LogP contribution in [0, 0.1) is 0 Å². The fourth-order valence-corrected chi connectivity index (χ4v) is 2.73. The van der Waals surface area contributed by atoms with Crippen LogP contribution in [0.3, 0.4) is 0 Å². The summed E-state index contributed by atoms with van der Waals surface area (Å²) in [5, 5.41) is 11.5. The molecule has 1 fully saturated rings. The number of unbranched alkanes of at least 4 members (excludes halogenated alkanes) is 1. The number of carboxylic acids is 1. The maximum atomic E-state index is 12.3. The minimum absolute atomic E-state index is 0.0610. The van der Waals surface area contributed by atoms with Gasteiger partial charge in [-0.2, -0.15) is 0 Å². The van der Waals surface area contributed by atoms with Crippen LogP contribution >= 0.6 is 15.9 Å². The van der Waals surface area contributed by atoms with Crippen LogP contribution in [0.25, 0.3) is 0 Å². The molecular weight excluding hydrogens is 322 g/mol. The third kappa shape index (κ3) is 3.60. The summed E-state index contributed by atoms with van der Waals surface area (Å²) in [5.74, 6) is -0.727. The number of benzene rings is 1. The van der Waals surface area contributed by atoms with Crippen LogP contribution in [0.15, 0.2) is 28.7 Å². The van der Waals surface area contributed by atoms with Gasteiger partial charge in [0.2, 0.25) is 5.91 Å². The average molecular weight is 340 g/mol. The van der Waals surface area contributed by atoms with Crippen molar-refractivity contribution in [2.24, 2.45) is 0 Å². The lowest BCUT2D eigenvalue weighted by atomic mass is 9.95. The van der Waals surface area contributed by atoms with E-state index in [1.807, 2.05) is 24.3 Å². The Morgan fingerprint density at radius 1 is 1.30 bits per heavy atom. The van der Waals surface area contributed by atoms with Gasteiger partial charge in [0.05, 0.1) is 5.41 Å². The van der Waals surface area contributed by atoms with E-state index in [0.717, 1.165) is 22.9 Å². The predicted molar refractivity (Wildman–Crippen MR) is 79.6 cm³/mol. The Bertz CT molecular complexity index is 512. The Hall–Kier alpha value is -1.36. The number of hydrogen-bond acceptors (Lipinski definition) is 2. The molecule has 0 saturated heterocycles. The Morgan fingerprint density at radius 3 is 2.65 bits per heavy atom. The first-order valence-electron chi connectivity index (χ1n) is 6.81. The number of amides is 1. The highest BCUT2D eigenvalue weighted by molar-refractivity contribution is 9.10. The first kappa shape index (κ1) is 15.0. The van der Waals surface area contributed by atoms with E-state index in [9.17, 15) is 9.59 Å². The number of nitrogens with one attached hydrogen (secondary N) is 1. The van der Waals surface area contributed by atoms with E-state index in [4.69, 9.17) is 5.11 Å². The van der Waals surface area contributed by atoms with Crippen LogP contribution in [0.4, 0.5) is 0 Å².